The lowest BCUT2D eigenvalue weighted by Crippen LogP contribution is -2.47. The zero-order valence-electron chi connectivity index (χ0n) is 13.9. The standard InChI is InChI=1S/C18H25ClF2N2O/c19-16-15(20)4-3-14(17(16)21)11-22-9-5-18(13-24,6-10-22)12-23-7-1-2-8-23/h3-4,24H,1-2,5-13H2. The molecule has 2 saturated heterocycles. The molecule has 1 N–H and O–H groups in total. The van der Waals surface area contributed by atoms with Crippen LogP contribution in [0.3, 0.4) is 0 Å². The van der Waals surface area contributed by atoms with E-state index in [-0.39, 0.29) is 12.0 Å². The van der Waals surface area contributed by atoms with Crippen LogP contribution >= 0.6 is 11.6 Å². The van der Waals surface area contributed by atoms with Crippen molar-refractivity contribution in [2.24, 2.45) is 5.41 Å². The van der Waals surface area contributed by atoms with Gasteiger partial charge in [0.15, 0.2) is 0 Å². The zero-order chi connectivity index (χ0) is 17.2. The average Bonchev–Trinajstić information content (AvgIpc) is 3.10. The maximum absolute atomic E-state index is 14.1. The number of halogens is 3. The molecule has 3 nitrogen and oxygen atoms in total. The minimum absolute atomic E-state index is 0.0418. The third-order valence-electron chi connectivity index (χ3n) is 5.52. The lowest BCUT2D eigenvalue weighted by Gasteiger charge is -2.42. The molecule has 3 rings (SSSR count). The molecule has 0 saturated carbocycles. The first-order chi connectivity index (χ1) is 11.5. The van der Waals surface area contributed by atoms with Gasteiger partial charge in [0.2, 0.25) is 0 Å². The van der Waals surface area contributed by atoms with Gasteiger partial charge < -0.3 is 10.0 Å². The number of aliphatic hydroxyl groups is 1. The van der Waals surface area contributed by atoms with Crippen LogP contribution in [0.25, 0.3) is 0 Å². The Morgan fingerprint density at radius 3 is 2.33 bits per heavy atom. The Labute approximate surface area is 147 Å². The van der Waals surface area contributed by atoms with Gasteiger partial charge in [-0.1, -0.05) is 17.7 Å². The summed E-state index contributed by atoms with van der Waals surface area (Å²) < 4.78 is 27.3. The van der Waals surface area contributed by atoms with Gasteiger partial charge in [-0.25, -0.2) is 8.78 Å². The number of likely N-dealkylation sites (tertiary alicyclic amines) is 2. The Morgan fingerprint density at radius 1 is 1.04 bits per heavy atom. The van der Waals surface area contributed by atoms with Crippen molar-refractivity contribution in [1.82, 2.24) is 9.80 Å². The third-order valence-corrected chi connectivity index (χ3v) is 5.87. The summed E-state index contributed by atoms with van der Waals surface area (Å²) in [6, 6.07) is 2.69. The molecule has 0 bridgehead atoms. The molecule has 0 spiro atoms. The van der Waals surface area contributed by atoms with Gasteiger partial charge in [-0.05, 0) is 57.9 Å². The Balaban J connectivity index is 1.59. The molecule has 134 valence electrons. The van der Waals surface area contributed by atoms with E-state index in [4.69, 9.17) is 11.6 Å². The van der Waals surface area contributed by atoms with Gasteiger partial charge >= 0.3 is 0 Å². The summed E-state index contributed by atoms with van der Waals surface area (Å²) in [6.07, 6.45) is 4.30. The van der Waals surface area contributed by atoms with E-state index in [1.165, 1.54) is 25.0 Å². The van der Waals surface area contributed by atoms with Gasteiger partial charge in [0, 0.05) is 24.1 Å². The summed E-state index contributed by atoms with van der Waals surface area (Å²) in [5, 5.41) is 9.50. The normalized spacial score (nSPS) is 22.2. The lowest BCUT2D eigenvalue weighted by atomic mass is 9.78. The number of hydrogen-bond donors (Lipinski definition) is 1. The first-order valence-electron chi connectivity index (χ1n) is 8.71. The third kappa shape index (κ3) is 3.90. The highest BCUT2D eigenvalue weighted by Gasteiger charge is 2.36. The van der Waals surface area contributed by atoms with Crippen LogP contribution in [0.2, 0.25) is 5.02 Å². The van der Waals surface area contributed by atoms with Crippen LogP contribution in [-0.4, -0.2) is 54.2 Å². The molecule has 2 aliphatic heterocycles. The van der Waals surface area contributed by atoms with Crippen molar-refractivity contribution >= 4 is 11.6 Å². The van der Waals surface area contributed by atoms with E-state index >= 15 is 0 Å². The summed E-state index contributed by atoms with van der Waals surface area (Å²) in [4.78, 5) is 4.61. The van der Waals surface area contributed by atoms with Crippen LogP contribution in [-0.2, 0) is 6.54 Å². The van der Waals surface area contributed by atoms with E-state index < -0.39 is 16.7 Å². The number of hydrogen-bond acceptors (Lipinski definition) is 3. The van der Waals surface area contributed by atoms with E-state index in [1.54, 1.807) is 0 Å². The number of piperidine rings is 1. The average molecular weight is 359 g/mol. The molecule has 0 unspecified atom stereocenters. The highest BCUT2D eigenvalue weighted by atomic mass is 35.5. The first-order valence-corrected chi connectivity index (χ1v) is 9.09. The largest absolute Gasteiger partial charge is 0.396 e. The van der Waals surface area contributed by atoms with Crippen molar-refractivity contribution in [3.63, 3.8) is 0 Å². The molecule has 2 heterocycles. The van der Waals surface area contributed by atoms with Gasteiger partial charge in [-0.3, -0.25) is 4.90 Å². The van der Waals surface area contributed by atoms with Crippen LogP contribution in [0.1, 0.15) is 31.2 Å². The summed E-state index contributed by atoms with van der Waals surface area (Å²) in [5.74, 6) is -1.38. The van der Waals surface area contributed by atoms with Crippen LogP contribution in [0, 0.1) is 17.0 Å². The number of aliphatic hydroxyl groups excluding tert-OH is 1. The summed E-state index contributed by atoms with van der Waals surface area (Å²) >= 11 is 5.66. The number of rotatable bonds is 5. The predicted molar refractivity (Wildman–Crippen MR) is 91.1 cm³/mol. The Kier molecular flexibility index (Phi) is 5.75. The Morgan fingerprint density at radius 2 is 1.71 bits per heavy atom. The summed E-state index contributed by atoms with van der Waals surface area (Å²) in [6.45, 7) is 5.46. The van der Waals surface area contributed by atoms with Crippen LogP contribution in [0.5, 0.6) is 0 Å². The van der Waals surface area contributed by atoms with E-state index in [2.05, 4.69) is 9.80 Å². The van der Waals surface area contributed by atoms with Crippen LogP contribution in [0.4, 0.5) is 8.78 Å². The fourth-order valence-electron chi connectivity index (χ4n) is 3.90. The second kappa shape index (κ2) is 7.65. The number of nitrogens with zero attached hydrogens (tertiary/aromatic N) is 2. The van der Waals surface area contributed by atoms with Crippen molar-refractivity contribution < 1.29 is 13.9 Å². The van der Waals surface area contributed by atoms with Gasteiger partial charge in [0.05, 0.1) is 6.61 Å². The van der Waals surface area contributed by atoms with Crippen LogP contribution < -0.4 is 0 Å². The maximum Gasteiger partial charge on any atom is 0.149 e. The second-order valence-electron chi connectivity index (χ2n) is 7.25. The maximum atomic E-state index is 14.1. The fourth-order valence-corrected chi connectivity index (χ4v) is 4.08. The first kappa shape index (κ1) is 18.1. The molecule has 0 amide bonds. The van der Waals surface area contributed by atoms with Gasteiger partial charge in [0.1, 0.15) is 16.7 Å². The van der Waals surface area contributed by atoms with Crippen molar-refractivity contribution in [1.29, 1.82) is 0 Å². The van der Waals surface area contributed by atoms with Crippen molar-refractivity contribution in [2.45, 2.75) is 32.2 Å². The SMILES string of the molecule is OCC1(CN2CCCC2)CCN(Cc2ccc(F)c(Cl)c2F)CC1. The quantitative estimate of drug-likeness (QED) is 0.818. The summed E-state index contributed by atoms with van der Waals surface area (Å²) in [5.41, 5.74) is 0.386. The van der Waals surface area contributed by atoms with Crippen LogP contribution in [0.15, 0.2) is 12.1 Å². The fraction of sp³-hybridized carbons (Fsp3) is 0.667. The van der Waals surface area contributed by atoms with E-state index in [0.29, 0.717) is 12.1 Å². The summed E-state index contributed by atoms with van der Waals surface area (Å²) in [7, 11) is 0. The molecule has 2 aliphatic rings. The molecule has 6 heteroatoms. The molecule has 1 aromatic rings. The molecule has 0 atom stereocenters. The zero-order valence-corrected chi connectivity index (χ0v) is 14.7. The van der Waals surface area contributed by atoms with Gasteiger partial charge in [0.25, 0.3) is 0 Å². The molecule has 24 heavy (non-hydrogen) atoms. The van der Waals surface area contributed by atoms with Gasteiger partial charge in [-0.2, -0.15) is 0 Å². The van der Waals surface area contributed by atoms with E-state index in [9.17, 15) is 13.9 Å². The monoisotopic (exact) mass is 358 g/mol. The second-order valence-corrected chi connectivity index (χ2v) is 7.63. The topological polar surface area (TPSA) is 26.7 Å². The number of benzene rings is 1. The van der Waals surface area contributed by atoms with E-state index in [0.717, 1.165) is 45.6 Å². The molecule has 0 radical (unpaired) electrons. The van der Waals surface area contributed by atoms with Crippen molar-refractivity contribution in [3.05, 3.63) is 34.4 Å². The Hall–Kier alpha value is -0.750. The minimum Gasteiger partial charge on any atom is -0.396 e. The lowest BCUT2D eigenvalue weighted by molar-refractivity contribution is 0.0162. The molecular weight excluding hydrogens is 334 g/mol. The molecule has 0 aliphatic carbocycles. The predicted octanol–water partition coefficient (Wildman–Crippen LogP) is 3.29. The molecular formula is C18H25ClF2N2O. The minimum atomic E-state index is -0.721. The molecule has 1 aromatic carbocycles. The molecule has 0 aromatic heterocycles. The highest BCUT2D eigenvalue weighted by molar-refractivity contribution is 6.30. The Bertz CT molecular complexity index is 570. The van der Waals surface area contributed by atoms with Gasteiger partial charge in [-0.15, -0.1) is 0 Å². The van der Waals surface area contributed by atoms with Crippen molar-refractivity contribution in [2.75, 3.05) is 39.3 Å². The molecule has 2 fully saturated rings. The van der Waals surface area contributed by atoms with E-state index in [1.807, 2.05) is 0 Å². The van der Waals surface area contributed by atoms with Crippen molar-refractivity contribution in [3.8, 4) is 0 Å². The smallest absolute Gasteiger partial charge is 0.149 e. The highest BCUT2D eigenvalue weighted by Crippen LogP contribution is 2.34.